The van der Waals surface area contributed by atoms with Crippen molar-refractivity contribution in [3.63, 3.8) is 0 Å². The Hall–Kier alpha value is -1.04. The van der Waals surface area contributed by atoms with Crippen LogP contribution in [0, 0.1) is 5.41 Å². The Morgan fingerprint density at radius 2 is 1.44 bits per heavy atom. The van der Waals surface area contributed by atoms with Crippen molar-refractivity contribution >= 4 is 0 Å². The SMILES string of the molecule is C/C=C/C(C)(C)CC(C)(C)c1ccccc1.CC. The lowest BCUT2D eigenvalue weighted by Gasteiger charge is -2.33. The normalized spacial score (nSPS) is 12.2. The molecule has 0 heterocycles. The van der Waals surface area contributed by atoms with Crippen molar-refractivity contribution in [3.05, 3.63) is 48.0 Å². The van der Waals surface area contributed by atoms with Crippen LogP contribution in [0.3, 0.4) is 0 Å². The maximum Gasteiger partial charge on any atom is -0.00955 e. The van der Waals surface area contributed by atoms with E-state index in [1.165, 1.54) is 5.56 Å². The lowest BCUT2D eigenvalue weighted by atomic mass is 9.71. The van der Waals surface area contributed by atoms with Crippen LogP contribution in [0.1, 0.15) is 60.5 Å². The van der Waals surface area contributed by atoms with E-state index >= 15 is 0 Å². The molecule has 0 saturated carbocycles. The van der Waals surface area contributed by atoms with Crippen LogP contribution in [0.4, 0.5) is 0 Å². The summed E-state index contributed by atoms with van der Waals surface area (Å²) in [5.74, 6) is 0. The average molecular weight is 246 g/mol. The molecular weight excluding hydrogens is 216 g/mol. The van der Waals surface area contributed by atoms with E-state index in [0.29, 0.717) is 0 Å². The molecule has 1 aromatic rings. The van der Waals surface area contributed by atoms with E-state index in [4.69, 9.17) is 0 Å². The molecule has 1 aromatic carbocycles. The summed E-state index contributed by atoms with van der Waals surface area (Å²) >= 11 is 0. The van der Waals surface area contributed by atoms with Crippen molar-refractivity contribution in [1.82, 2.24) is 0 Å². The summed E-state index contributed by atoms with van der Waals surface area (Å²) in [4.78, 5) is 0. The molecule has 0 fully saturated rings. The van der Waals surface area contributed by atoms with E-state index in [1.54, 1.807) is 0 Å². The van der Waals surface area contributed by atoms with Crippen LogP contribution in [0.15, 0.2) is 42.5 Å². The predicted octanol–water partition coefficient (Wildman–Crippen LogP) is 5.98. The van der Waals surface area contributed by atoms with Crippen LogP contribution in [-0.2, 0) is 5.41 Å². The van der Waals surface area contributed by atoms with E-state index < -0.39 is 0 Å². The standard InChI is InChI=1S/C16H24.C2H6/c1-6-12-15(2,3)13-16(4,5)14-10-8-7-9-11-14;1-2/h6-12H,13H2,1-5H3;1-2H3/b12-6+;. The van der Waals surface area contributed by atoms with Gasteiger partial charge in [0.2, 0.25) is 0 Å². The van der Waals surface area contributed by atoms with Crippen LogP contribution in [0.25, 0.3) is 0 Å². The number of benzene rings is 1. The second kappa shape index (κ2) is 7.41. The summed E-state index contributed by atoms with van der Waals surface area (Å²) < 4.78 is 0. The molecule has 0 unspecified atom stereocenters. The summed E-state index contributed by atoms with van der Waals surface area (Å²) in [6.07, 6.45) is 5.62. The first-order valence-corrected chi connectivity index (χ1v) is 7.07. The van der Waals surface area contributed by atoms with Crippen molar-refractivity contribution in [1.29, 1.82) is 0 Å². The third-order valence-electron chi connectivity index (χ3n) is 3.07. The van der Waals surface area contributed by atoms with Crippen LogP contribution in [0.2, 0.25) is 0 Å². The molecule has 0 bridgehead atoms. The maximum absolute atomic E-state index is 2.33. The topological polar surface area (TPSA) is 0 Å². The van der Waals surface area contributed by atoms with Crippen LogP contribution in [0.5, 0.6) is 0 Å². The lowest BCUT2D eigenvalue weighted by molar-refractivity contribution is 0.321. The van der Waals surface area contributed by atoms with Gasteiger partial charge in [0, 0.05) is 0 Å². The predicted molar refractivity (Wildman–Crippen MR) is 84.0 cm³/mol. The molecule has 0 amide bonds. The van der Waals surface area contributed by atoms with E-state index in [-0.39, 0.29) is 10.8 Å². The smallest absolute Gasteiger partial charge is 0.00955 e. The number of hydrogen-bond acceptors (Lipinski definition) is 0. The lowest BCUT2D eigenvalue weighted by Crippen LogP contribution is -2.25. The van der Waals surface area contributed by atoms with E-state index in [2.05, 4.69) is 77.1 Å². The quantitative estimate of drug-likeness (QED) is 0.573. The average Bonchev–Trinajstić information content (AvgIpc) is 2.31. The van der Waals surface area contributed by atoms with Gasteiger partial charge in [-0.3, -0.25) is 0 Å². The van der Waals surface area contributed by atoms with Gasteiger partial charge in [0.15, 0.2) is 0 Å². The number of rotatable bonds is 4. The first-order chi connectivity index (χ1) is 8.37. The third kappa shape index (κ3) is 5.53. The highest BCUT2D eigenvalue weighted by atomic mass is 14.3. The Balaban J connectivity index is 0.00000137. The van der Waals surface area contributed by atoms with Gasteiger partial charge in [-0.1, -0.05) is 84.0 Å². The van der Waals surface area contributed by atoms with E-state index in [1.807, 2.05) is 13.8 Å². The molecule has 0 aliphatic carbocycles. The molecule has 0 N–H and O–H groups in total. The Bertz CT molecular complexity index is 342. The Labute approximate surface area is 114 Å². The summed E-state index contributed by atoms with van der Waals surface area (Å²) in [5, 5.41) is 0. The fraction of sp³-hybridized carbons (Fsp3) is 0.556. The van der Waals surface area contributed by atoms with Crippen LogP contribution in [-0.4, -0.2) is 0 Å². The minimum Gasteiger partial charge on any atom is -0.0911 e. The second-order valence-corrected chi connectivity index (χ2v) is 5.92. The molecular formula is C18H30. The molecule has 0 heteroatoms. The Kier molecular flexibility index (Phi) is 6.98. The molecule has 0 nitrogen and oxygen atoms in total. The molecule has 0 aliphatic rings. The van der Waals surface area contributed by atoms with Gasteiger partial charge in [0.1, 0.15) is 0 Å². The highest BCUT2D eigenvalue weighted by Gasteiger charge is 2.28. The Morgan fingerprint density at radius 3 is 1.89 bits per heavy atom. The summed E-state index contributed by atoms with van der Waals surface area (Å²) in [5.41, 5.74) is 1.91. The van der Waals surface area contributed by atoms with E-state index in [0.717, 1.165) is 6.42 Å². The molecule has 0 saturated heterocycles. The first kappa shape index (κ1) is 17.0. The largest absolute Gasteiger partial charge is 0.0911 e. The van der Waals surface area contributed by atoms with Gasteiger partial charge < -0.3 is 0 Å². The minimum atomic E-state index is 0.226. The molecule has 18 heavy (non-hydrogen) atoms. The molecule has 0 aromatic heterocycles. The van der Waals surface area contributed by atoms with Gasteiger partial charge in [-0.05, 0) is 29.7 Å². The fourth-order valence-electron chi connectivity index (χ4n) is 2.64. The number of hydrogen-bond donors (Lipinski definition) is 0. The molecule has 0 atom stereocenters. The second-order valence-electron chi connectivity index (χ2n) is 5.92. The Morgan fingerprint density at radius 1 is 0.944 bits per heavy atom. The molecule has 102 valence electrons. The monoisotopic (exact) mass is 246 g/mol. The van der Waals surface area contributed by atoms with Crippen molar-refractivity contribution in [2.24, 2.45) is 5.41 Å². The van der Waals surface area contributed by atoms with Gasteiger partial charge >= 0.3 is 0 Å². The summed E-state index contributed by atoms with van der Waals surface area (Å²) in [6, 6.07) is 10.8. The summed E-state index contributed by atoms with van der Waals surface area (Å²) in [6.45, 7) is 15.4. The minimum absolute atomic E-state index is 0.226. The fourth-order valence-corrected chi connectivity index (χ4v) is 2.64. The number of allylic oxidation sites excluding steroid dienone is 2. The van der Waals surface area contributed by atoms with Crippen molar-refractivity contribution in [2.75, 3.05) is 0 Å². The van der Waals surface area contributed by atoms with Gasteiger partial charge in [-0.2, -0.15) is 0 Å². The zero-order valence-corrected chi connectivity index (χ0v) is 13.2. The summed E-state index contributed by atoms with van der Waals surface area (Å²) in [7, 11) is 0. The van der Waals surface area contributed by atoms with Crippen LogP contribution < -0.4 is 0 Å². The highest BCUT2D eigenvalue weighted by Crippen LogP contribution is 2.37. The third-order valence-corrected chi connectivity index (χ3v) is 3.07. The van der Waals surface area contributed by atoms with Gasteiger partial charge in [-0.25, -0.2) is 0 Å². The van der Waals surface area contributed by atoms with Gasteiger partial charge in [0.05, 0.1) is 0 Å². The van der Waals surface area contributed by atoms with Crippen molar-refractivity contribution in [3.8, 4) is 0 Å². The van der Waals surface area contributed by atoms with Gasteiger partial charge in [0.25, 0.3) is 0 Å². The molecule has 0 radical (unpaired) electrons. The van der Waals surface area contributed by atoms with Gasteiger partial charge in [-0.15, -0.1) is 0 Å². The molecule has 0 aliphatic heterocycles. The van der Waals surface area contributed by atoms with Crippen molar-refractivity contribution < 1.29 is 0 Å². The zero-order valence-electron chi connectivity index (χ0n) is 13.2. The van der Waals surface area contributed by atoms with Crippen LogP contribution >= 0.6 is 0 Å². The maximum atomic E-state index is 2.33. The highest BCUT2D eigenvalue weighted by molar-refractivity contribution is 5.24. The zero-order chi connectivity index (χ0) is 14.2. The van der Waals surface area contributed by atoms with Crippen molar-refractivity contribution in [2.45, 2.75) is 60.3 Å². The first-order valence-electron chi connectivity index (χ1n) is 7.07. The molecule has 1 rings (SSSR count). The molecule has 0 spiro atoms. The van der Waals surface area contributed by atoms with E-state index in [9.17, 15) is 0 Å².